The highest BCUT2D eigenvalue weighted by atomic mass is 32.2. The third-order valence-corrected chi connectivity index (χ3v) is 5.99. The first kappa shape index (κ1) is 21.8. The number of carbonyl (C=O) groups excluding carboxylic acids is 2. The van der Waals surface area contributed by atoms with Crippen LogP contribution < -0.4 is 5.32 Å². The quantitative estimate of drug-likeness (QED) is 0.526. The molecular formula is C19H24N6O4S. The highest BCUT2D eigenvalue weighted by Crippen LogP contribution is 2.34. The first-order chi connectivity index (χ1) is 14.5. The van der Waals surface area contributed by atoms with Gasteiger partial charge >= 0.3 is 0 Å². The van der Waals surface area contributed by atoms with Gasteiger partial charge in [0.2, 0.25) is 5.91 Å². The molecule has 0 saturated carbocycles. The topological polar surface area (TPSA) is 123 Å². The number of nitrogens with one attached hydrogen (secondary N) is 1. The van der Waals surface area contributed by atoms with Crippen molar-refractivity contribution in [1.29, 1.82) is 0 Å². The summed E-state index contributed by atoms with van der Waals surface area (Å²) in [5, 5.41) is 22.3. The van der Waals surface area contributed by atoms with Crippen LogP contribution in [0, 0.1) is 10.1 Å². The molecule has 10 nitrogen and oxygen atoms in total. The molecule has 30 heavy (non-hydrogen) atoms. The number of nitrogens with zero attached hydrogens (tertiary/aromatic N) is 5. The third kappa shape index (κ3) is 5.56. The number of hydrogen-bond donors (Lipinski definition) is 1. The van der Waals surface area contributed by atoms with Crippen LogP contribution >= 0.6 is 11.8 Å². The maximum absolute atomic E-state index is 12.4. The fourth-order valence-electron chi connectivity index (χ4n) is 3.21. The monoisotopic (exact) mass is 432 g/mol. The molecule has 0 atom stereocenters. The fourth-order valence-corrected chi connectivity index (χ4v) is 4.06. The largest absolute Gasteiger partial charge is 0.352 e. The van der Waals surface area contributed by atoms with Crippen molar-refractivity contribution in [3.63, 3.8) is 0 Å². The second-order valence-corrected chi connectivity index (χ2v) is 8.08. The molecule has 0 unspecified atom stereocenters. The number of likely N-dealkylation sites (tertiary alicyclic amines) is 1. The number of aryl methyl sites for hydroxylation is 1. The van der Waals surface area contributed by atoms with E-state index < -0.39 is 10.8 Å². The Kier molecular flexibility index (Phi) is 7.39. The number of benzene rings is 1. The summed E-state index contributed by atoms with van der Waals surface area (Å²) < 4.78 is 1.65. The third-order valence-electron chi connectivity index (χ3n) is 4.87. The molecule has 1 aliphatic rings. The van der Waals surface area contributed by atoms with Gasteiger partial charge in [-0.05, 0) is 36.7 Å². The lowest BCUT2D eigenvalue weighted by Gasteiger charge is -2.20. The smallest absolute Gasteiger partial charge is 0.284 e. The number of aromatic nitrogens is 3. The molecule has 0 radical (unpaired) electrons. The van der Waals surface area contributed by atoms with Crippen LogP contribution in [0.1, 0.15) is 42.5 Å². The summed E-state index contributed by atoms with van der Waals surface area (Å²) in [6.45, 7) is 1.73. The van der Waals surface area contributed by atoms with Gasteiger partial charge < -0.3 is 14.8 Å². The second kappa shape index (κ2) is 10.2. The summed E-state index contributed by atoms with van der Waals surface area (Å²) >= 11 is 1.10. The van der Waals surface area contributed by atoms with Gasteiger partial charge in [0.15, 0.2) is 5.16 Å². The first-order valence-corrected chi connectivity index (χ1v) is 10.6. The SMILES string of the molecule is Cn1cnnc1Sc1ccc(C(=O)NCCC(=O)N2CCCCCC2)cc1[N+](=O)[O-]. The van der Waals surface area contributed by atoms with E-state index in [0.717, 1.165) is 50.5 Å². The minimum Gasteiger partial charge on any atom is -0.352 e. The van der Waals surface area contributed by atoms with E-state index in [1.165, 1.54) is 24.5 Å². The van der Waals surface area contributed by atoms with Crippen molar-refractivity contribution in [3.05, 3.63) is 40.2 Å². The van der Waals surface area contributed by atoms with Gasteiger partial charge in [0.05, 0.1) is 9.82 Å². The van der Waals surface area contributed by atoms with Crippen LogP contribution in [0.5, 0.6) is 0 Å². The molecule has 2 heterocycles. The highest BCUT2D eigenvalue weighted by molar-refractivity contribution is 7.99. The minimum absolute atomic E-state index is 0.0265. The van der Waals surface area contributed by atoms with Crippen molar-refractivity contribution in [2.24, 2.45) is 7.05 Å². The van der Waals surface area contributed by atoms with Gasteiger partial charge in [0, 0.05) is 44.7 Å². The van der Waals surface area contributed by atoms with Crippen molar-refractivity contribution >= 4 is 29.3 Å². The van der Waals surface area contributed by atoms with Gasteiger partial charge in [0.25, 0.3) is 11.6 Å². The van der Waals surface area contributed by atoms with Crippen molar-refractivity contribution in [2.45, 2.75) is 42.2 Å². The number of nitro benzene ring substituents is 1. The zero-order valence-corrected chi connectivity index (χ0v) is 17.6. The molecule has 0 bridgehead atoms. The fraction of sp³-hybridized carbons (Fsp3) is 0.474. The lowest BCUT2D eigenvalue weighted by atomic mass is 10.2. The van der Waals surface area contributed by atoms with Crippen LogP contribution in [-0.4, -0.2) is 56.0 Å². The van der Waals surface area contributed by atoms with E-state index in [9.17, 15) is 19.7 Å². The Morgan fingerprint density at radius 1 is 1.23 bits per heavy atom. The van der Waals surface area contributed by atoms with Gasteiger partial charge in [-0.1, -0.05) is 12.8 Å². The Labute approximate surface area is 178 Å². The van der Waals surface area contributed by atoms with Crippen LogP contribution in [0.3, 0.4) is 0 Å². The summed E-state index contributed by atoms with van der Waals surface area (Å²) in [7, 11) is 1.74. The van der Waals surface area contributed by atoms with Crippen LogP contribution in [0.15, 0.2) is 34.6 Å². The number of nitro groups is 1. The summed E-state index contributed by atoms with van der Waals surface area (Å²) in [6, 6.07) is 4.29. The number of rotatable bonds is 7. The van der Waals surface area contributed by atoms with Gasteiger partial charge in [-0.25, -0.2) is 0 Å². The number of carbonyl (C=O) groups is 2. The molecule has 1 saturated heterocycles. The van der Waals surface area contributed by atoms with E-state index in [1.54, 1.807) is 11.6 Å². The Bertz CT molecular complexity index is 923. The summed E-state index contributed by atoms with van der Waals surface area (Å²) in [4.78, 5) is 37.9. The van der Waals surface area contributed by atoms with Gasteiger partial charge in [-0.15, -0.1) is 10.2 Å². The summed E-state index contributed by atoms with van der Waals surface area (Å²) in [5.74, 6) is -0.421. The van der Waals surface area contributed by atoms with Crippen LogP contribution in [0.25, 0.3) is 0 Å². The lowest BCUT2D eigenvalue weighted by Crippen LogP contribution is -2.35. The van der Waals surface area contributed by atoms with E-state index in [2.05, 4.69) is 15.5 Å². The molecule has 11 heteroatoms. The summed E-state index contributed by atoms with van der Waals surface area (Å²) in [6.07, 6.45) is 6.03. The molecule has 1 aromatic heterocycles. The van der Waals surface area contributed by atoms with Gasteiger partial charge in [-0.2, -0.15) is 0 Å². The van der Waals surface area contributed by atoms with E-state index in [1.807, 2.05) is 4.90 Å². The van der Waals surface area contributed by atoms with E-state index in [4.69, 9.17) is 0 Å². The Balaban J connectivity index is 1.60. The van der Waals surface area contributed by atoms with Crippen molar-refractivity contribution < 1.29 is 14.5 Å². The van der Waals surface area contributed by atoms with E-state index in [-0.39, 0.29) is 30.1 Å². The molecule has 1 aliphatic heterocycles. The molecule has 1 fully saturated rings. The maximum Gasteiger partial charge on any atom is 0.284 e. The molecule has 2 amide bonds. The normalized spacial score (nSPS) is 14.2. The predicted molar refractivity (Wildman–Crippen MR) is 110 cm³/mol. The van der Waals surface area contributed by atoms with Crippen molar-refractivity contribution in [3.8, 4) is 0 Å². The van der Waals surface area contributed by atoms with E-state index in [0.29, 0.717) is 10.1 Å². The first-order valence-electron chi connectivity index (χ1n) is 9.82. The average molecular weight is 433 g/mol. The summed E-state index contributed by atoms with van der Waals surface area (Å²) in [5.41, 5.74) is -0.0115. The molecular weight excluding hydrogens is 408 g/mol. The molecule has 160 valence electrons. The number of amides is 2. The van der Waals surface area contributed by atoms with Crippen LogP contribution in [0.2, 0.25) is 0 Å². The highest BCUT2D eigenvalue weighted by Gasteiger charge is 2.20. The molecule has 3 rings (SSSR count). The molecule has 0 spiro atoms. The maximum atomic E-state index is 12.4. The molecule has 0 aliphatic carbocycles. The second-order valence-electron chi connectivity index (χ2n) is 7.07. The molecule has 1 N–H and O–H groups in total. The lowest BCUT2D eigenvalue weighted by molar-refractivity contribution is -0.387. The van der Waals surface area contributed by atoms with E-state index >= 15 is 0 Å². The Morgan fingerprint density at radius 3 is 2.60 bits per heavy atom. The predicted octanol–water partition coefficient (Wildman–Crippen LogP) is 2.40. The van der Waals surface area contributed by atoms with Gasteiger partial charge in [-0.3, -0.25) is 19.7 Å². The average Bonchev–Trinajstić information content (AvgIpc) is 2.96. The van der Waals surface area contributed by atoms with Gasteiger partial charge in [0.1, 0.15) is 6.33 Å². The Hall–Kier alpha value is -2.95. The van der Waals surface area contributed by atoms with Crippen LogP contribution in [-0.2, 0) is 11.8 Å². The standard InChI is InChI=1S/C19H24N6O4S/c1-23-13-21-22-19(23)30-16-7-6-14(12-15(16)25(28)29)18(27)20-9-8-17(26)24-10-4-2-3-5-11-24/h6-7,12-13H,2-5,8-11H2,1H3,(H,20,27). The minimum atomic E-state index is -0.529. The van der Waals surface area contributed by atoms with Crippen LogP contribution in [0.4, 0.5) is 5.69 Å². The van der Waals surface area contributed by atoms with Crippen molar-refractivity contribution in [1.82, 2.24) is 25.0 Å². The molecule has 1 aromatic carbocycles. The zero-order valence-electron chi connectivity index (χ0n) is 16.7. The molecule has 2 aromatic rings. The zero-order chi connectivity index (χ0) is 21.5. The van der Waals surface area contributed by atoms with Crippen molar-refractivity contribution in [2.75, 3.05) is 19.6 Å². The number of hydrogen-bond acceptors (Lipinski definition) is 7. The Morgan fingerprint density at radius 2 is 1.97 bits per heavy atom.